The fourth-order valence-corrected chi connectivity index (χ4v) is 2.98. The van der Waals surface area contributed by atoms with E-state index in [1.807, 2.05) is 0 Å². The normalized spacial score (nSPS) is 10.7. The van der Waals surface area contributed by atoms with Crippen LogP contribution in [0.4, 0.5) is 10.1 Å². The zero-order chi connectivity index (χ0) is 18.8. The number of carbonyl (C=O) groups is 1. The van der Waals surface area contributed by atoms with Crippen LogP contribution in [0.25, 0.3) is 10.2 Å². The Morgan fingerprint density at radius 2 is 2.23 bits per heavy atom. The van der Waals surface area contributed by atoms with Crippen LogP contribution >= 0.6 is 11.3 Å². The number of carbonyl (C=O) groups excluding carboxylic acids is 1. The third-order valence-corrected chi connectivity index (χ3v) is 4.19. The number of thiophene rings is 1. The summed E-state index contributed by atoms with van der Waals surface area (Å²) < 4.78 is 19.6. The van der Waals surface area contributed by atoms with Gasteiger partial charge in [0.15, 0.2) is 6.61 Å². The first-order chi connectivity index (χ1) is 12.4. The number of benzene rings is 1. The second-order valence-electron chi connectivity index (χ2n) is 5.13. The van der Waals surface area contributed by atoms with Crippen molar-refractivity contribution in [2.75, 3.05) is 12.0 Å². The molecule has 3 aromatic rings. The lowest BCUT2D eigenvalue weighted by Crippen LogP contribution is -2.37. The number of ether oxygens (including phenoxy) is 1. The minimum atomic E-state index is -1.08. The third kappa shape index (κ3) is 3.37. The molecule has 0 spiro atoms. The van der Waals surface area contributed by atoms with Crippen molar-refractivity contribution in [1.29, 1.82) is 0 Å². The molecule has 0 unspecified atom stereocenters. The number of aromatic nitrogens is 2. The number of amides is 1. The SMILES string of the molecule is Cc1nc2sccc2c(=O)n1NC(=O)COc1ccc([N+](=O)[O-])c(F)c1. The van der Waals surface area contributed by atoms with Gasteiger partial charge in [-0.15, -0.1) is 11.3 Å². The Bertz CT molecular complexity index is 1080. The van der Waals surface area contributed by atoms with E-state index in [0.29, 0.717) is 16.0 Å². The fourth-order valence-electron chi connectivity index (χ4n) is 2.18. The van der Waals surface area contributed by atoms with Crippen LogP contribution < -0.4 is 15.7 Å². The number of hydrogen-bond acceptors (Lipinski definition) is 7. The topological polar surface area (TPSA) is 116 Å². The van der Waals surface area contributed by atoms with Crippen molar-refractivity contribution >= 4 is 33.1 Å². The average Bonchev–Trinajstić information content (AvgIpc) is 3.05. The van der Waals surface area contributed by atoms with E-state index in [1.54, 1.807) is 18.4 Å². The third-order valence-electron chi connectivity index (χ3n) is 3.39. The molecule has 0 radical (unpaired) electrons. The first-order valence-corrected chi connectivity index (χ1v) is 8.08. The van der Waals surface area contributed by atoms with E-state index in [1.165, 1.54) is 17.4 Å². The molecule has 1 aromatic carbocycles. The first kappa shape index (κ1) is 17.5. The van der Waals surface area contributed by atoms with Crippen LogP contribution in [-0.2, 0) is 4.79 Å². The van der Waals surface area contributed by atoms with Gasteiger partial charge in [-0.05, 0) is 24.4 Å². The molecule has 0 bridgehead atoms. The molecule has 0 fully saturated rings. The van der Waals surface area contributed by atoms with E-state index in [9.17, 15) is 24.1 Å². The van der Waals surface area contributed by atoms with Crippen LogP contribution in [0.5, 0.6) is 5.75 Å². The Morgan fingerprint density at radius 1 is 1.46 bits per heavy atom. The maximum atomic E-state index is 13.5. The van der Waals surface area contributed by atoms with Crippen molar-refractivity contribution in [3.8, 4) is 5.75 Å². The molecule has 134 valence electrons. The van der Waals surface area contributed by atoms with Crippen molar-refractivity contribution in [1.82, 2.24) is 9.66 Å². The standard InChI is InChI=1S/C15H11FN4O5S/c1-8-17-14-10(4-5-26-14)15(22)19(8)18-13(21)7-25-9-2-3-12(20(23)24)11(16)6-9/h2-6H,7H2,1H3,(H,18,21). The van der Waals surface area contributed by atoms with E-state index in [2.05, 4.69) is 10.4 Å². The van der Waals surface area contributed by atoms with E-state index in [0.717, 1.165) is 16.8 Å². The van der Waals surface area contributed by atoms with E-state index in [-0.39, 0.29) is 5.75 Å². The number of halogens is 1. The summed E-state index contributed by atoms with van der Waals surface area (Å²) in [5.74, 6) is -1.52. The predicted molar refractivity (Wildman–Crippen MR) is 91.5 cm³/mol. The number of nitrogens with zero attached hydrogens (tertiary/aromatic N) is 3. The van der Waals surface area contributed by atoms with Crippen molar-refractivity contribution in [2.24, 2.45) is 0 Å². The first-order valence-electron chi connectivity index (χ1n) is 7.20. The summed E-state index contributed by atoms with van der Waals surface area (Å²) in [5, 5.41) is 12.7. The molecule has 2 heterocycles. The Kier molecular flexibility index (Phi) is 4.63. The van der Waals surface area contributed by atoms with Gasteiger partial charge in [0.1, 0.15) is 16.4 Å². The lowest BCUT2D eigenvalue weighted by Gasteiger charge is -2.11. The molecule has 0 aliphatic carbocycles. The van der Waals surface area contributed by atoms with Crippen LogP contribution in [0.3, 0.4) is 0 Å². The predicted octanol–water partition coefficient (Wildman–Crippen LogP) is 1.96. The van der Waals surface area contributed by atoms with Gasteiger partial charge in [-0.1, -0.05) is 0 Å². The monoisotopic (exact) mass is 378 g/mol. The summed E-state index contributed by atoms with van der Waals surface area (Å²) in [6.45, 7) is 1.04. The lowest BCUT2D eigenvalue weighted by molar-refractivity contribution is -0.387. The summed E-state index contributed by atoms with van der Waals surface area (Å²) >= 11 is 1.31. The molecule has 0 aliphatic rings. The molecular weight excluding hydrogens is 367 g/mol. The van der Waals surface area contributed by atoms with Gasteiger partial charge >= 0.3 is 5.69 Å². The average molecular weight is 378 g/mol. The summed E-state index contributed by atoms with van der Waals surface area (Å²) in [6.07, 6.45) is 0. The van der Waals surface area contributed by atoms with Gasteiger partial charge in [0.2, 0.25) is 5.82 Å². The minimum Gasteiger partial charge on any atom is -0.484 e. The summed E-state index contributed by atoms with van der Waals surface area (Å²) in [4.78, 5) is 38.8. The number of nitrogens with one attached hydrogen (secondary N) is 1. The lowest BCUT2D eigenvalue weighted by atomic mass is 10.3. The van der Waals surface area contributed by atoms with Crippen LogP contribution in [-0.4, -0.2) is 27.1 Å². The molecule has 3 rings (SSSR count). The van der Waals surface area contributed by atoms with Crippen molar-refractivity contribution in [2.45, 2.75) is 6.92 Å². The number of aryl methyl sites for hydroxylation is 1. The molecular formula is C15H11FN4O5S. The van der Waals surface area contributed by atoms with Gasteiger partial charge in [-0.25, -0.2) is 9.66 Å². The maximum Gasteiger partial charge on any atom is 0.305 e. The molecule has 0 saturated carbocycles. The molecule has 1 amide bonds. The van der Waals surface area contributed by atoms with Crippen molar-refractivity contribution < 1.29 is 18.8 Å². The largest absolute Gasteiger partial charge is 0.484 e. The zero-order valence-corrected chi connectivity index (χ0v) is 14.1. The summed E-state index contributed by atoms with van der Waals surface area (Å²) in [6, 6.07) is 4.52. The number of nitro groups is 1. The quantitative estimate of drug-likeness (QED) is 0.536. The highest BCUT2D eigenvalue weighted by atomic mass is 32.1. The highest BCUT2D eigenvalue weighted by molar-refractivity contribution is 7.16. The molecule has 9 nitrogen and oxygen atoms in total. The number of fused-ring (bicyclic) bond motifs is 1. The summed E-state index contributed by atoms with van der Waals surface area (Å²) in [7, 11) is 0. The van der Waals surface area contributed by atoms with E-state index in [4.69, 9.17) is 4.74 Å². The van der Waals surface area contributed by atoms with Crippen LogP contribution in [0, 0.1) is 22.9 Å². The molecule has 0 saturated heterocycles. The minimum absolute atomic E-state index is 0.0567. The maximum absolute atomic E-state index is 13.5. The molecule has 2 aromatic heterocycles. The second-order valence-corrected chi connectivity index (χ2v) is 6.03. The Morgan fingerprint density at radius 3 is 2.92 bits per heavy atom. The van der Waals surface area contributed by atoms with Crippen molar-refractivity contribution in [3.63, 3.8) is 0 Å². The molecule has 1 N–H and O–H groups in total. The molecule has 0 atom stereocenters. The van der Waals surface area contributed by atoms with E-state index >= 15 is 0 Å². The van der Waals surface area contributed by atoms with Gasteiger partial charge in [0.05, 0.1) is 10.3 Å². The Hall–Kier alpha value is -3.34. The molecule has 11 heteroatoms. The van der Waals surface area contributed by atoms with E-state index < -0.39 is 34.5 Å². The smallest absolute Gasteiger partial charge is 0.305 e. The van der Waals surface area contributed by atoms with Gasteiger partial charge in [-0.3, -0.25) is 25.1 Å². The Balaban J connectivity index is 1.71. The summed E-state index contributed by atoms with van der Waals surface area (Å²) in [5.41, 5.74) is 1.23. The number of nitro benzene ring substituents is 1. The van der Waals surface area contributed by atoms with Crippen LogP contribution in [0.1, 0.15) is 5.82 Å². The van der Waals surface area contributed by atoms with Crippen molar-refractivity contribution in [3.05, 3.63) is 61.8 Å². The van der Waals surface area contributed by atoms with Gasteiger partial charge in [-0.2, -0.15) is 4.39 Å². The second kappa shape index (κ2) is 6.88. The van der Waals surface area contributed by atoms with Gasteiger partial charge in [0.25, 0.3) is 11.5 Å². The van der Waals surface area contributed by atoms with Gasteiger partial charge < -0.3 is 4.74 Å². The Labute approximate surface area is 148 Å². The zero-order valence-electron chi connectivity index (χ0n) is 13.3. The highest BCUT2D eigenvalue weighted by Crippen LogP contribution is 2.22. The van der Waals surface area contributed by atoms with Crippen LogP contribution in [0.15, 0.2) is 34.4 Å². The highest BCUT2D eigenvalue weighted by Gasteiger charge is 2.15. The number of hydrogen-bond donors (Lipinski definition) is 1. The molecule has 26 heavy (non-hydrogen) atoms. The fraction of sp³-hybridized carbons (Fsp3) is 0.133. The van der Waals surface area contributed by atoms with Gasteiger partial charge in [0, 0.05) is 12.1 Å². The van der Waals surface area contributed by atoms with Crippen LogP contribution in [0.2, 0.25) is 0 Å². The number of rotatable bonds is 5. The molecule has 0 aliphatic heterocycles.